The number of aryl methyl sites for hydroxylation is 2. The Balaban J connectivity index is 2.79. The van der Waals surface area contributed by atoms with E-state index in [2.05, 4.69) is 25.2 Å². The highest BCUT2D eigenvalue weighted by molar-refractivity contribution is 5.23. The van der Waals surface area contributed by atoms with E-state index >= 15 is 0 Å². The maximum atomic E-state index is 5.44. The zero-order valence-electron chi connectivity index (χ0n) is 8.27. The van der Waals surface area contributed by atoms with E-state index in [-0.39, 0.29) is 0 Å². The fourth-order valence-corrected chi connectivity index (χ4v) is 1.50. The zero-order valence-corrected chi connectivity index (χ0v) is 8.27. The van der Waals surface area contributed by atoms with Gasteiger partial charge in [0.15, 0.2) is 0 Å². The summed E-state index contributed by atoms with van der Waals surface area (Å²) >= 11 is 0. The average molecular weight is 167 g/mol. The molecule has 0 aliphatic carbocycles. The lowest BCUT2D eigenvalue weighted by Crippen LogP contribution is -2.17. The smallest absolute Gasteiger partial charge is 0.105 e. The molecule has 0 aliphatic rings. The van der Waals surface area contributed by atoms with Crippen LogP contribution in [0.5, 0.6) is 0 Å². The van der Waals surface area contributed by atoms with Crippen molar-refractivity contribution in [1.29, 1.82) is 0 Å². The standard InChI is InChI=1S/C10H17NO/c1-5-11-8(3)10-6-7(2)12-9(10)4/h6,8,11H,5H2,1-4H3. The molecule has 0 amide bonds. The van der Waals surface area contributed by atoms with Gasteiger partial charge >= 0.3 is 0 Å². The molecule has 0 aromatic carbocycles. The highest BCUT2D eigenvalue weighted by Crippen LogP contribution is 2.20. The Morgan fingerprint density at radius 2 is 2.17 bits per heavy atom. The average Bonchev–Trinajstić information content (AvgIpc) is 2.30. The molecular formula is C10H17NO. The van der Waals surface area contributed by atoms with Gasteiger partial charge < -0.3 is 9.73 Å². The summed E-state index contributed by atoms with van der Waals surface area (Å²) in [6.07, 6.45) is 0. The minimum Gasteiger partial charge on any atom is -0.466 e. The van der Waals surface area contributed by atoms with Crippen molar-refractivity contribution < 1.29 is 4.42 Å². The Kier molecular flexibility index (Phi) is 2.93. The van der Waals surface area contributed by atoms with Crippen LogP contribution in [0.1, 0.15) is 37.0 Å². The van der Waals surface area contributed by atoms with Crippen molar-refractivity contribution in [2.75, 3.05) is 6.54 Å². The van der Waals surface area contributed by atoms with E-state index in [4.69, 9.17) is 4.42 Å². The van der Waals surface area contributed by atoms with E-state index in [1.807, 2.05) is 13.8 Å². The molecule has 12 heavy (non-hydrogen) atoms. The van der Waals surface area contributed by atoms with Gasteiger partial charge in [-0.15, -0.1) is 0 Å². The van der Waals surface area contributed by atoms with Crippen molar-refractivity contribution in [3.05, 3.63) is 23.2 Å². The summed E-state index contributed by atoms with van der Waals surface area (Å²) < 4.78 is 5.44. The summed E-state index contributed by atoms with van der Waals surface area (Å²) in [5, 5.41) is 3.36. The minimum absolute atomic E-state index is 0.396. The van der Waals surface area contributed by atoms with Crippen molar-refractivity contribution in [2.45, 2.75) is 33.7 Å². The Morgan fingerprint density at radius 1 is 1.50 bits per heavy atom. The first-order chi connectivity index (χ1) is 5.65. The van der Waals surface area contributed by atoms with Gasteiger partial charge in [0.25, 0.3) is 0 Å². The topological polar surface area (TPSA) is 25.2 Å². The van der Waals surface area contributed by atoms with Gasteiger partial charge in [0.2, 0.25) is 0 Å². The van der Waals surface area contributed by atoms with Crippen molar-refractivity contribution in [2.24, 2.45) is 0 Å². The maximum Gasteiger partial charge on any atom is 0.105 e. The van der Waals surface area contributed by atoms with Gasteiger partial charge in [-0.05, 0) is 33.4 Å². The van der Waals surface area contributed by atoms with Gasteiger partial charge in [0, 0.05) is 11.6 Å². The monoisotopic (exact) mass is 167 g/mol. The molecule has 1 heterocycles. The van der Waals surface area contributed by atoms with E-state index in [9.17, 15) is 0 Å². The second-order valence-corrected chi connectivity index (χ2v) is 3.15. The molecule has 0 bridgehead atoms. The predicted molar refractivity (Wildman–Crippen MR) is 50.3 cm³/mol. The van der Waals surface area contributed by atoms with Crippen molar-refractivity contribution in [3.63, 3.8) is 0 Å². The fraction of sp³-hybridized carbons (Fsp3) is 0.600. The normalized spacial score (nSPS) is 13.3. The van der Waals surface area contributed by atoms with Crippen LogP contribution < -0.4 is 5.32 Å². The second-order valence-electron chi connectivity index (χ2n) is 3.15. The van der Waals surface area contributed by atoms with Crippen LogP contribution in [-0.2, 0) is 0 Å². The van der Waals surface area contributed by atoms with E-state index in [1.54, 1.807) is 0 Å². The van der Waals surface area contributed by atoms with Crippen molar-refractivity contribution >= 4 is 0 Å². The van der Waals surface area contributed by atoms with Crippen LogP contribution in [0.3, 0.4) is 0 Å². The third kappa shape index (κ3) is 1.89. The van der Waals surface area contributed by atoms with Crippen LogP contribution in [0, 0.1) is 13.8 Å². The third-order valence-corrected chi connectivity index (χ3v) is 2.06. The molecule has 0 aliphatic heterocycles. The van der Waals surface area contributed by atoms with Gasteiger partial charge in [-0.1, -0.05) is 6.92 Å². The molecule has 1 rings (SSSR count). The molecule has 0 radical (unpaired) electrons. The van der Waals surface area contributed by atoms with Crippen molar-refractivity contribution in [1.82, 2.24) is 5.32 Å². The van der Waals surface area contributed by atoms with E-state index < -0.39 is 0 Å². The van der Waals surface area contributed by atoms with Crippen molar-refractivity contribution in [3.8, 4) is 0 Å². The summed E-state index contributed by atoms with van der Waals surface area (Å²) in [6, 6.07) is 2.50. The molecule has 0 saturated carbocycles. The van der Waals surface area contributed by atoms with Gasteiger partial charge in [-0.2, -0.15) is 0 Å². The molecule has 0 spiro atoms. The number of furan rings is 1. The van der Waals surface area contributed by atoms with Crippen LogP contribution >= 0.6 is 0 Å². The van der Waals surface area contributed by atoms with E-state index in [0.717, 1.165) is 18.1 Å². The van der Waals surface area contributed by atoms with Crippen LogP contribution in [0.4, 0.5) is 0 Å². The first-order valence-electron chi connectivity index (χ1n) is 4.45. The molecular weight excluding hydrogens is 150 g/mol. The fourth-order valence-electron chi connectivity index (χ4n) is 1.50. The summed E-state index contributed by atoms with van der Waals surface area (Å²) in [6.45, 7) is 9.25. The highest BCUT2D eigenvalue weighted by Gasteiger charge is 2.10. The number of hydrogen-bond donors (Lipinski definition) is 1. The number of nitrogens with one attached hydrogen (secondary N) is 1. The summed E-state index contributed by atoms with van der Waals surface area (Å²) in [5.74, 6) is 2.02. The molecule has 2 nitrogen and oxygen atoms in total. The van der Waals surface area contributed by atoms with Gasteiger partial charge in [-0.3, -0.25) is 0 Å². The molecule has 1 unspecified atom stereocenters. The lowest BCUT2D eigenvalue weighted by Gasteiger charge is -2.10. The second kappa shape index (κ2) is 3.76. The summed E-state index contributed by atoms with van der Waals surface area (Å²) in [7, 11) is 0. The van der Waals surface area contributed by atoms with E-state index in [1.165, 1.54) is 5.56 Å². The lowest BCUT2D eigenvalue weighted by molar-refractivity contribution is 0.492. The van der Waals surface area contributed by atoms with E-state index in [0.29, 0.717) is 6.04 Å². The first kappa shape index (κ1) is 9.33. The Morgan fingerprint density at radius 3 is 2.58 bits per heavy atom. The quantitative estimate of drug-likeness (QED) is 0.748. The molecule has 68 valence electrons. The Bertz CT molecular complexity index is 252. The molecule has 1 N–H and O–H groups in total. The Hall–Kier alpha value is -0.760. The SMILES string of the molecule is CCNC(C)c1cc(C)oc1C. The maximum absolute atomic E-state index is 5.44. The van der Waals surface area contributed by atoms with Gasteiger partial charge in [-0.25, -0.2) is 0 Å². The van der Waals surface area contributed by atoms with Crippen LogP contribution in [0.2, 0.25) is 0 Å². The van der Waals surface area contributed by atoms with Crippen LogP contribution in [-0.4, -0.2) is 6.54 Å². The van der Waals surface area contributed by atoms with Gasteiger partial charge in [0.05, 0.1) is 0 Å². The number of hydrogen-bond acceptors (Lipinski definition) is 2. The largest absolute Gasteiger partial charge is 0.466 e. The molecule has 1 aromatic rings. The summed E-state index contributed by atoms with van der Waals surface area (Å²) in [4.78, 5) is 0. The van der Waals surface area contributed by atoms with Gasteiger partial charge in [0.1, 0.15) is 11.5 Å². The molecule has 0 fully saturated rings. The molecule has 1 aromatic heterocycles. The number of rotatable bonds is 3. The third-order valence-electron chi connectivity index (χ3n) is 2.06. The zero-order chi connectivity index (χ0) is 9.14. The highest BCUT2D eigenvalue weighted by atomic mass is 16.3. The predicted octanol–water partition coefficient (Wildman–Crippen LogP) is 2.57. The summed E-state index contributed by atoms with van der Waals surface area (Å²) in [5.41, 5.74) is 1.27. The lowest BCUT2D eigenvalue weighted by atomic mass is 10.1. The Labute approximate surface area is 74.0 Å². The molecule has 1 atom stereocenters. The van der Waals surface area contributed by atoms with Crippen LogP contribution in [0.25, 0.3) is 0 Å². The van der Waals surface area contributed by atoms with Crippen LogP contribution in [0.15, 0.2) is 10.5 Å². The first-order valence-corrected chi connectivity index (χ1v) is 4.45. The molecule has 2 heteroatoms. The minimum atomic E-state index is 0.396. The molecule has 0 saturated heterocycles.